The second kappa shape index (κ2) is 13.5. The lowest BCUT2D eigenvalue weighted by Crippen LogP contribution is -2.40. The second-order valence-electron chi connectivity index (χ2n) is 10.1. The highest BCUT2D eigenvalue weighted by molar-refractivity contribution is 8.13. The number of aromatic nitrogens is 2. The maximum absolute atomic E-state index is 13.7. The van der Waals surface area contributed by atoms with E-state index < -0.39 is 42.9 Å². The van der Waals surface area contributed by atoms with Crippen LogP contribution in [0.2, 0.25) is 0 Å². The number of hydrogen-bond acceptors (Lipinski definition) is 12. The number of hydrogen-bond donors (Lipinski definition) is 2. The van der Waals surface area contributed by atoms with Crippen LogP contribution in [0.5, 0.6) is 0 Å². The molecule has 0 spiro atoms. The number of rotatable bonds is 13. The third-order valence-corrected chi connectivity index (χ3v) is 8.30. The van der Waals surface area contributed by atoms with Crippen molar-refractivity contribution in [2.45, 2.75) is 78.5 Å². The molecule has 1 unspecified atom stereocenters. The predicted octanol–water partition coefficient (Wildman–Crippen LogP) is 2.85. The van der Waals surface area contributed by atoms with Gasteiger partial charge in [0.25, 0.3) is 0 Å². The monoisotopic (exact) mass is 578 g/mol. The van der Waals surface area contributed by atoms with Crippen molar-refractivity contribution in [1.82, 2.24) is 14.6 Å². The van der Waals surface area contributed by atoms with Gasteiger partial charge in [0.1, 0.15) is 24.7 Å². The summed E-state index contributed by atoms with van der Waals surface area (Å²) in [6.07, 6.45) is 1.05. The fourth-order valence-corrected chi connectivity index (χ4v) is 5.70. The van der Waals surface area contributed by atoms with E-state index in [0.29, 0.717) is 12.8 Å². The highest BCUT2D eigenvalue weighted by Crippen LogP contribution is 2.47. The molecule has 1 fully saturated rings. The highest BCUT2D eigenvalue weighted by Gasteiger charge is 2.44. The molecule has 0 bridgehead atoms. The number of esters is 1. The molecule has 0 amide bonds. The molecule has 4 atom stereocenters. The number of carbonyl (C=O) groups is 2. The maximum atomic E-state index is 13.7. The molecule has 13 nitrogen and oxygen atoms in total. The Kier molecular flexibility index (Phi) is 11.5. The molecule has 15 heteroatoms. The zero-order valence-corrected chi connectivity index (χ0v) is 24.6. The standard InChI is InChI=1S/C23H39N4O9PS/c1-15(2)35-19(28)16(3)26-37(31,33-12-13-38-20(29)22(4,5)6)34-14-23(32-7)10-8-18(36-23)27-11-9-17(24)25-21(27)30/h9,11,15-16,18H,8,10,12-14H2,1-7H3,(H,26,31)(H2,24,25,30)/t16-,18+,23-,37?/m0/s1. The maximum Gasteiger partial charge on any atom is 0.406 e. The molecule has 0 aromatic carbocycles. The topological polar surface area (TPSA) is 170 Å². The van der Waals surface area contributed by atoms with Crippen LogP contribution < -0.4 is 16.5 Å². The Bertz CT molecular complexity index is 1080. The molecule has 1 aliphatic heterocycles. The van der Waals surface area contributed by atoms with Crippen molar-refractivity contribution in [3.63, 3.8) is 0 Å². The van der Waals surface area contributed by atoms with Gasteiger partial charge >= 0.3 is 19.4 Å². The average molecular weight is 579 g/mol. The summed E-state index contributed by atoms with van der Waals surface area (Å²) in [5, 5.41) is 2.55. The SMILES string of the molecule is CO[C@@]1(COP(=O)(N[C@@H](C)C(=O)OC(C)C)OCCSC(=O)C(C)(C)C)CC[C@H](n2ccc(N)nc2=O)O1. The van der Waals surface area contributed by atoms with Gasteiger partial charge in [0.05, 0.1) is 12.7 Å². The zero-order chi connectivity index (χ0) is 28.7. The first-order chi connectivity index (χ1) is 17.6. The van der Waals surface area contributed by atoms with Crippen LogP contribution in [0, 0.1) is 5.41 Å². The first-order valence-electron chi connectivity index (χ1n) is 12.2. The van der Waals surface area contributed by atoms with Crippen LogP contribution in [0.4, 0.5) is 5.82 Å². The molecule has 1 aromatic heterocycles. The summed E-state index contributed by atoms with van der Waals surface area (Å²) in [4.78, 5) is 40.5. The second-order valence-corrected chi connectivity index (χ2v) is 12.9. The number of methoxy groups -OCH3 is 1. The minimum atomic E-state index is -4.12. The number of thioether (sulfide) groups is 1. The number of nitrogen functional groups attached to an aromatic ring is 1. The third kappa shape index (κ3) is 9.44. The molecule has 1 aromatic rings. The summed E-state index contributed by atoms with van der Waals surface area (Å²) in [5.41, 5.74) is 4.44. The lowest BCUT2D eigenvalue weighted by atomic mass is 10.00. The lowest BCUT2D eigenvalue weighted by Gasteiger charge is -2.30. The Hall–Kier alpha value is -1.80. The van der Waals surface area contributed by atoms with Gasteiger partial charge in [0.2, 0.25) is 0 Å². The molecule has 0 saturated carbocycles. The number of nitrogens with two attached hydrogens (primary N) is 1. The molecular formula is C23H39N4O9PS. The Balaban J connectivity index is 2.12. The summed E-state index contributed by atoms with van der Waals surface area (Å²) >= 11 is 1.05. The molecular weight excluding hydrogens is 539 g/mol. The number of nitrogens with one attached hydrogen (secondary N) is 1. The minimum Gasteiger partial charge on any atom is -0.462 e. The first-order valence-corrected chi connectivity index (χ1v) is 14.7. The van der Waals surface area contributed by atoms with E-state index in [-0.39, 0.29) is 36.0 Å². The first kappa shape index (κ1) is 32.4. The molecule has 216 valence electrons. The highest BCUT2D eigenvalue weighted by atomic mass is 32.2. The van der Waals surface area contributed by atoms with E-state index in [1.165, 1.54) is 30.9 Å². The summed E-state index contributed by atoms with van der Waals surface area (Å²) in [6, 6.07) is 0.447. The van der Waals surface area contributed by atoms with E-state index in [9.17, 15) is 18.9 Å². The Morgan fingerprint density at radius 2 is 2.03 bits per heavy atom. The van der Waals surface area contributed by atoms with E-state index in [2.05, 4.69) is 10.1 Å². The van der Waals surface area contributed by atoms with Gasteiger partial charge in [-0.25, -0.2) is 14.4 Å². The van der Waals surface area contributed by atoms with Crippen molar-refractivity contribution in [3.05, 3.63) is 22.7 Å². The van der Waals surface area contributed by atoms with E-state index >= 15 is 0 Å². The van der Waals surface area contributed by atoms with Crippen LogP contribution in [0.15, 0.2) is 17.1 Å². The van der Waals surface area contributed by atoms with Gasteiger partial charge < -0.3 is 19.9 Å². The number of nitrogens with zero attached hydrogens (tertiary/aromatic N) is 2. The van der Waals surface area contributed by atoms with Gasteiger partial charge in [-0.3, -0.25) is 23.2 Å². The van der Waals surface area contributed by atoms with Crippen LogP contribution in [-0.2, 0) is 37.4 Å². The Labute approximate surface area is 227 Å². The summed E-state index contributed by atoms with van der Waals surface area (Å²) in [7, 11) is -2.73. The number of ether oxygens (including phenoxy) is 3. The Morgan fingerprint density at radius 1 is 1.34 bits per heavy atom. The van der Waals surface area contributed by atoms with Gasteiger partial charge in [0, 0.05) is 30.9 Å². The van der Waals surface area contributed by atoms with Gasteiger partial charge in [-0.2, -0.15) is 4.98 Å². The van der Waals surface area contributed by atoms with E-state index in [1.807, 2.05) is 0 Å². The third-order valence-electron chi connectivity index (χ3n) is 5.36. The summed E-state index contributed by atoms with van der Waals surface area (Å²) in [5.74, 6) is -1.69. The molecule has 0 radical (unpaired) electrons. The normalized spacial score (nSPS) is 22.3. The van der Waals surface area contributed by atoms with Crippen molar-refractivity contribution in [2.75, 3.05) is 31.8 Å². The van der Waals surface area contributed by atoms with Crippen LogP contribution in [0.1, 0.15) is 60.6 Å². The van der Waals surface area contributed by atoms with Crippen molar-refractivity contribution < 1.29 is 37.4 Å². The number of anilines is 1. The van der Waals surface area contributed by atoms with E-state index in [0.717, 1.165) is 11.8 Å². The Morgan fingerprint density at radius 3 is 2.61 bits per heavy atom. The smallest absolute Gasteiger partial charge is 0.406 e. The van der Waals surface area contributed by atoms with Crippen LogP contribution in [0.3, 0.4) is 0 Å². The van der Waals surface area contributed by atoms with Crippen LogP contribution in [-0.4, -0.2) is 64.6 Å². The fraction of sp³-hybridized carbons (Fsp3) is 0.739. The van der Waals surface area contributed by atoms with Crippen molar-refractivity contribution in [3.8, 4) is 0 Å². The zero-order valence-electron chi connectivity index (χ0n) is 22.9. The van der Waals surface area contributed by atoms with Gasteiger partial charge in [0.15, 0.2) is 10.9 Å². The predicted molar refractivity (Wildman–Crippen MR) is 142 cm³/mol. The molecule has 3 N–H and O–H groups in total. The molecule has 0 aliphatic carbocycles. The number of carbonyl (C=O) groups excluding carboxylic acids is 2. The quantitative estimate of drug-likeness (QED) is 0.199. The van der Waals surface area contributed by atoms with Crippen molar-refractivity contribution >= 4 is 36.4 Å². The van der Waals surface area contributed by atoms with Crippen molar-refractivity contribution in [1.29, 1.82) is 0 Å². The van der Waals surface area contributed by atoms with Gasteiger partial charge in [-0.15, -0.1) is 0 Å². The summed E-state index contributed by atoms with van der Waals surface area (Å²) in [6.45, 7) is 9.81. The van der Waals surface area contributed by atoms with E-state index in [1.54, 1.807) is 34.6 Å². The average Bonchev–Trinajstić information content (AvgIpc) is 3.24. The molecule has 1 saturated heterocycles. The van der Waals surface area contributed by atoms with Gasteiger partial charge in [-0.05, 0) is 33.3 Å². The van der Waals surface area contributed by atoms with E-state index in [4.69, 9.17) is 29.0 Å². The minimum absolute atomic E-state index is 0.0465. The lowest BCUT2D eigenvalue weighted by molar-refractivity contribution is -0.239. The molecule has 2 rings (SSSR count). The van der Waals surface area contributed by atoms with Gasteiger partial charge in [-0.1, -0.05) is 32.5 Å². The van der Waals surface area contributed by atoms with Crippen LogP contribution in [0.25, 0.3) is 0 Å². The molecule has 38 heavy (non-hydrogen) atoms. The molecule has 2 heterocycles. The largest absolute Gasteiger partial charge is 0.462 e. The molecule has 1 aliphatic rings. The summed E-state index contributed by atoms with van der Waals surface area (Å²) < 4.78 is 42.9. The van der Waals surface area contributed by atoms with Crippen molar-refractivity contribution in [2.24, 2.45) is 5.41 Å². The van der Waals surface area contributed by atoms with Crippen LogP contribution >= 0.6 is 19.5 Å². The fourth-order valence-electron chi connectivity index (χ4n) is 3.29.